The summed E-state index contributed by atoms with van der Waals surface area (Å²) in [5.41, 5.74) is 5.21. The molecule has 1 fully saturated rings. The van der Waals surface area contributed by atoms with Gasteiger partial charge in [-0.2, -0.15) is 0 Å². The quantitative estimate of drug-likeness (QED) is 0.624. The van der Waals surface area contributed by atoms with Crippen molar-refractivity contribution in [1.82, 2.24) is 5.32 Å². The molecule has 4 heteroatoms. The van der Waals surface area contributed by atoms with Gasteiger partial charge in [0.2, 0.25) is 5.91 Å². The standard InChI is InChI=1S/C13H26N2O2/c1-3-12(4-2,10-16)9-15-11(17)13(8-14)6-5-7-13/h16H,3-10,14H2,1-2H3,(H,15,17). The lowest BCUT2D eigenvalue weighted by Crippen LogP contribution is -2.52. The minimum absolute atomic E-state index is 0.0750. The molecular formula is C13H26N2O2. The van der Waals surface area contributed by atoms with Crippen molar-refractivity contribution in [3.05, 3.63) is 0 Å². The predicted molar refractivity (Wildman–Crippen MR) is 68.4 cm³/mol. The third-order valence-corrected chi connectivity index (χ3v) is 4.64. The molecule has 0 radical (unpaired) electrons. The van der Waals surface area contributed by atoms with Crippen LogP contribution in [0.15, 0.2) is 0 Å². The molecule has 100 valence electrons. The molecule has 0 heterocycles. The normalized spacial score (nSPS) is 18.6. The molecule has 0 saturated heterocycles. The number of nitrogens with one attached hydrogen (secondary N) is 1. The van der Waals surface area contributed by atoms with Crippen LogP contribution in [0.2, 0.25) is 0 Å². The van der Waals surface area contributed by atoms with E-state index in [9.17, 15) is 9.90 Å². The fraction of sp³-hybridized carbons (Fsp3) is 0.923. The molecule has 0 aromatic carbocycles. The van der Waals surface area contributed by atoms with E-state index in [1.807, 2.05) is 13.8 Å². The third kappa shape index (κ3) is 2.80. The Labute approximate surface area is 104 Å². The summed E-state index contributed by atoms with van der Waals surface area (Å²) >= 11 is 0. The Morgan fingerprint density at radius 1 is 1.41 bits per heavy atom. The van der Waals surface area contributed by atoms with Crippen molar-refractivity contribution in [2.24, 2.45) is 16.6 Å². The van der Waals surface area contributed by atoms with Crippen LogP contribution in [0, 0.1) is 10.8 Å². The highest BCUT2D eigenvalue weighted by molar-refractivity contribution is 5.83. The minimum Gasteiger partial charge on any atom is -0.396 e. The zero-order valence-electron chi connectivity index (χ0n) is 11.1. The van der Waals surface area contributed by atoms with E-state index >= 15 is 0 Å². The van der Waals surface area contributed by atoms with E-state index in [4.69, 9.17) is 5.73 Å². The monoisotopic (exact) mass is 242 g/mol. The average Bonchev–Trinajstić information content (AvgIpc) is 2.31. The molecule has 0 aliphatic heterocycles. The maximum atomic E-state index is 12.1. The summed E-state index contributed by atoms with van der Waals surface area (Å²) in [5, 5.41) is 12.4. The molecule has 0 unspecified atom stereocenters. The first-order valence-corrected chi connectivity index (χ1v) is 6.67. The number of carbonyl (C=O) groups excluding carboxylic acids is 1. The number of carbonyl (C=O) groups is 1. The molecule has 1 aliphatic rings. The van der Waals surface area contributed by atoms with E-state index in [1.54, 1.807) is 0 Å². The highest BCUT2D eigenvalue weighted by Gasteiger charge is 2.43. The molecule has 0 spiro atoms. The van der Waals surface area contributed by atoms with Crippen LogP contribution in [0.4, 0.5) is 0 Å². The highest BCUT2D eigenvalue weighted by Crippen LogP contribution is 2.40. The molecule has 17 heavy (non-hydrogen) atoms. The number of hydrogen-bond acceptors (Lipinski definition) is 3. The van der Waals surface area contributed by atoms with Crippen LogP contribution in [0.1, 0.15) is 46.0 Å². The fourth-order valence-electron chi connectivity index (χ4n) is 2.36. The molecule has 4 N–H and O–H groups in total. The second-order valence-electron chi connectivity index (χ2n) is 5.39. The van der Waals surface area contributed by atoms with Crippen molar-refractivity contribution in [2.75, 3.05) is 19.7 Å². The highest BCUT2D eigenvalue weighted by atomic mass is 16.3. The van der Waals surface area contributed by atoms with Gasteiger partial charge in [-0.25, -0.2) is 0 Å². The zero-order valence-corrected chi connectivity index (χ0v) is 11.1. The Hall–Kier alpha value is -0.610. The van der Waals surface area contributed by atoms with Crippen LogP contribution >= 0.6 is 0 Å². The summed E-state index contributed by atoms with van der Waals surface area (Å²) in [4.78, 5) is 12.1. The minimum atomic E-state index is -0.317. The Morgan fingerprint density at radius 3 is 2.29 bits per heavy atom. The van der Waals surface area contributed by atoms with Crippen molar-refractivity contribution >= 4 is 5.91 Å². The maximum absolute atomic E-state index is 12.1. The maximum Gasteiger partial charge on any atom is 0.227 e. The van der Waals surface area contributed by atoms with Gasteiger partial charge in [0.15, 0.2) is 0 Å². The van der Waals surface area contributed by atoms with Gasteiger partial charge < -0.3 is 16.2 Å². The second-order valence-corrected chi connectivity index (χ2v) is 5.39. The van der Waals surface area contributed by atoms with Crippen molar-refractivity contribution in [2.45, 2.75) is 46.0 Å². The fourth-order valence-corrected chi connectivity index (χ4v) is 2.36. The second kappa shape index (κ2) is 5.83. The molecule has 1 aliphatic carbocycles. The summed E-state index contributed by atoms with van der Waals surface area (Å²) in [7, 11) is 0. The van der Waals surface area contributed by atoms with Gasteiger partial charge in [0, 0.05) is 18.5 Å². The van der Waals surface area contributed by atoms with Crippen molar-refractivity contribution < 1.29 is 9.90 Å². The smallest absolute Gasteiger partial charge is 0.227 e. The molecule has 1 rings (SSSR count). The summed E-state index contributed by atoms with van der Waals surface area (Å²) in [6, 6.07) is 0. The number of hydrogen-bond donors (Lipinski definition) is 3. The van der Waals surface area contributed by atoms with Crippen LogP contribution in [-0.2, 0) is 4.79 Å². The van der Waals surface area contributed by atoms with Gasteiger partial charge in [-0.1, -0.05) is 20.3 Å². The van der Waals surface area contributed by atoms with Gasteiger partial charge in [-0.3, -0.25) is 4.79 Å². The van der Waals surface area contributed by atoms with Crippen molar-refractivity contribution in [3.63, 3.8) is 0 Å². The van der Waals surface area contributed by atoms with E-state index in [1.165, 1.54) is 0 Å². The van der Waals surface area contributed by atoms with E-state index in [0.717, 1.165) is 32.1 Å². The van der Waals surface area contributed by atoms with Crippen molar-refractivity contribution in [1.29, 1.82) is 0 Å². The first-order valence-electron chi connectivity index (χ1n) is 6.67. The Bertz CT molecular complexity index is 244. The number of nitrogens with two attached hydrogens (primary N) is 1. The molecule has 0 aromatic rings. The Kier molecular flexibility index (Phi) is 4.95. The third-order valence-electron chi connectivity index (χ3n) is 4.64. The lowest BCUT2D eigenvalue weighted by molar-refractivity contribution is -0.135. The number of aliphatic hydroxyl groups is 1. The molecule has 1 saturated carbocycles. The lowest BCUT2D eigenvalue weighted by Gasteiger charge is -2.40. The van der Waals surface area contributed by atoms with Crippen LogP contribution < -0.4 is 11.1 Å². The van der Waals surface area contributed by atoms with E-state index < -0.39 is 0 Å². The van der Waals surface area contributed by atoms with Crippen LogP contribution in [-0.4, -0.2) is 30.7 Å². The summed E-state index contributed by atoms with van der Waals surface area (Å²) in [6.07, 6.45) is 4.64. The Balaban J connectivity index is 2.52. The summed E-state index contributed by atoms with van der Waals surface area (Å²) in [5.74, 6) is 0.0750. The zero-order chi connectivity index (χ0) is 12.9. The predicted octanol–water partition coefficient (Wildman–Crippen LogP) is 1.03. The van der Waals surface area contributed by atoms with Gasteiger partial charge in [-0.05, 0) is 25.7 Å². The van der Waals surface area contributed by atoms with Crippen LogP contribution in [0.5, 0.6) is 0 Å². The van der Waals surface area contributed by atoms with Crippen LogP contribution in [0.3, 0.4) is 0 Å². The van der Waals surface area contributed by atoms with Gasteiger partial charge in [0.1, 0.15) is 0 Å². The van der Waals surface area contributed by atoms with E-state index in [-0.39, 0.29) is 23.3 Å². The summed E-state index contributed by atoms with van der Waals surface area (Å²) in [6.45, 7) is 5.21. The Morgan fingerprint density at radius 2 is 2.00 bits per heavy atom. The first-order chi connectivity index (χ1) is 8.08. The first kappa shape index (κ1) is 14.5. The SMILES string of the molecule is CCC(CC)(CO)CNC(=O)C1(CN)CCC1. The van der Waals surface area contributed by atoms with E-state index in [2.05, 4.69) is 5.32 Å². The molecule has 0 atom stereocenters. The molecule has 1 amide bonds. The molecular weight excluding hydrogens is 216 g/mol. The van der Waals surface area contributed by atoms with Crippen molar-refractivity contribution in [3.8, 4) is 0 Å². The molecule has 0 bridgehead atoms. The molecule has 0 aromatic heterocycles. The van der Waals surface area contributed by atoms with Crippen LogP contribution in [0.25, 0.3) is 0 Å². The largest absolute Gasteiger partial charge is 0.396 e. The summed E-state index contributed by atoms with van der Waals surface area (Å²) < 4.78 is 0. The number of rotatable bonds is 7. The van der Waals surface area contributed by atoms with Gasteiger partial charge in [0.05, 0.1) is 12.0 Å². The topological polar surface area (TPSA) is 75.3 Å². The lowest BCUT2D eigenvalue weighted by atomic mass is 9.68. The van der Waals surface area contributed by atoms with Gasteiger partial charge in [-0.15, -0.1) is 0 Å². The number of aliphatic hydroxyl groups excluding tert-OH is 1. The van der Waals surface area contributed by atoms with E-state index in [0.29, 0.717) is 13.1 Å². The van der Waals surface area contributed by atoms with Gasteiger partial charge in [0.25, 0.3) is 0 Å². The molecule has 4 nitrogen and oxygen atoms in total. The number of amides is 1. The van der Waals surface area contributed by atoms with Gasteiger partial charge >= 0.3 is 0 Å². The average molecular weight is 242 g/mol.